The molecule has 1 saturated heterocycles. The third-order valence-corrected chi connectivity index (χ3v) is 8.14. The van der Waals surface area contributed by atoms with E-state index in [4.69, 9.17) is 9.31 Å². The van der Waals surface area contributed by atoms with Crippen LogP contribution in [0.4, 0.5) is 0 Å². The zero-order chi connectivity index (χ0) is 27.0. The van der Waals surface area contributed by atoms with Crippen LogP contribution in [0.25, 0.3) is 44.5 Å². The molecule has 0 unspecified atom stereocenters. The van der Waals surface area contributed by atoms with Gasteiger partial charge < -0.3 is 9.31 Å². The second kappa shape index (κ2) is 10.00. The highest BCUT2D eigenvalue weighted by Gasteiger charge is 2.51. The fourth-order valence-electron chi connectivity index (χ4n) is 5.34. The van der Waals surface area contributed by atoms with Crippen molar-refractivity contribution in [3.63, 3.8) is 0 Å². The van der Waals surface area contributed by atoms with Crippen molar-refractivity contribution in [3.8, 4) is 44.5 Å². The predicted octanol–water partition coefficient (Wildman–Crippen LogP) is 8.65. The Bertz CT molecular complexity index is 1580. The summed E-state index contributed by atoms with van der Waals surface area (Å²) in [5.41, 5.74) is 9.80. The van der Waals surface area contributed by atoms with Gasteiger partial charge >= 0.3 is 7.12 Å². The minimum Gasteiger partial charge on any atom is -0.399 e. The molecule has 0 spiro atoms. The molecule has 0 radical (unpaired) electrons. The molecule has 6 rings (SSSR count). The Hall–Kier alpha value is -3.92. The Balaban J connectivity index is 1.59. The molecule has 1 aliphatic heterocycles. The van der Waals surface area contributed by atoms with Crippen LogP contribution in [-0.2, 0) is 9.31 Å². The van der Waals surface area contributed by atoms with Gasteiger partial charge in [0.05, 0.1) is 11.2 Å². The molecule has 0 aliphatic carbocycles. The smallest absolute Gasteiger partial charge is 0.399 e. The van der Waals surface area contributed by atoms with Crippen molar-refractivity contribution in [2.45, 2.75) is 38.9 Å². The summed E-state index contributed by atoms with van der Waals surface area (Å²) < 4.78 is 12.8. The first-order chi connectivity index (χ1) is 18.8. The third-order valence-electron chi connectivity index (χ3n) is 8.14. The van der Waals surface area contributed by atoms with E-state index in [1.807, 2.05) is 0 Å². The monoisotopic (exact) mass is 508 g/mol. The van der Waals surface area contributed by atoms with Crippen molar-refractivity contribution in [2.75, 3.05) is 0 Å². The van der Waals surface area contributed by atoms with Crippen molar-refractivity contribution in [3.05, 3.63) is 127 Å². The molecule has 5 aromatic rings. The SMILES string of the molecule is CC1(C)OB(c2cccc(-c3ccc(-c4ccccc4)c(-c4ccccc4)c3-c3ccccc3)c2)OC1(C)C. The van der Waals surface area contributed by atoms with E-state index in [-0.39, 0.29) is 11.2 Å². The van der Waals surface area contributed by atoms with Gasteiger partial charge in [-0.25, -0.2) is 0 Å². The molecule has 1 aliphatic rings. The second-order valence-corrected chi connectivity index (χ2v) is 11.2. The van der Waals surface area contributed by atoms with Gasteiger partial charge in [-0.3, -0.25) is 0 Å². The lowest BCUT2D eigenvalue weighted by molar-refractivity contribution is 0.00578. The Morgan fingerprint density at radius 1 is 0.436 bits per heavy atom. The summed E-state index contributed by atoms with van der Waals surface area (Å²) in [6, 6.07) is 45.2. The Morgan fingerprint density at radius 2 is 0.846 bits per heavy atom. The lowest BCUT2D eigenvalue weighted by atomic mass is 9.76. The maximum Gasteiger partial charge on any atom is 0.494 e. The van der Waals surface area contributed by atoms with E-state index in [0.29, 0.717) is 0 Å². The maximum absolute atomic E-state index is 6.40. The number of hydrogen-bond donors (Lipinski definition) is 0. The lowest BCUT2D eigenvalue weighted by Gasteiger charge is -2.32. The topological polar surface area (TPSA) is 18.5 Å². The Morgan fingerprint density at radius 3 is 1.33 bits per heavy atom. The highest BCUT2D eigenvalue weighted by Crippen LogP contribution is 2.45. The molecule has 1 heterocycles. The average molecular weight is 508 g/mol. The molecule has 0 amide bonds. The van der Waals surface area contributed by atoms with E-state index in [2.05, 4.69) is 155 Å². The summed E-state index contributed by atoms with van der Waals surface area (Å²) in [6.07, 6.45) is 0. The van der Waals surface area contributed by atoms with Crippen molar-refractivity contribution in [1.82, 2.24) is 0 Å². The van der Waals surface area contributed by atoms with Crippen LogP contribution in [0.1, 0.15) is 27.7 Å². The number of benzene rings is 5. The largest absolute Gasteiger partial charge is 0.494 e. The van der Waals surface area contributed by atoms with Crippen molar-refractivity contribution >= 4 is 12.6 Å². The van der Waals surface area contributed by atoms with Gasteiger partial charge in [-0.2, -0.15) is 0 Å². The van der Waals surface area contributed by atoms with Gasteiger partial charge in [0.15, 0.2) is 0 Å². The summed E-state index contributed by atoms with van der Waals surface area (Å²) >= 11 is 0. The molecule has 5 aromatic carbocycles. The van der Waals surface area contributed by atoms with E-state index in [9.17, 15) is 0 Å². The molecule has 1 fully saturated rings. The highest BCUT2D eigenvalue weighted by molar-refractivity contribution is 6.62. The standard InChI is InChI=1S/C36H33BO2/c1-35(2)36(3,4)39-37(38-35)30-22-14-21-29(25-30)32-24-23-31(26-15-8-5-9-16-26)33(27-17-10-6-11-18-27)34(32)28-19-12-7-13-20-28/h5-25H,1-4H3. The first-order valence-electron chi connectivity index (χ1n) is 13.6. The molecule has 0 saturated carbocycles. The van der Waals surface area contributed by atoms with Crippen LogP contribution in [0.15, 0.2) is 127 Å². The number of rotatable bonds is 5. The van der Waals surface area contributed by atoms with E-state index < -0.39 is 7.12 Å². The minimum absolute atomic E-state index is 0.388. The van der Waals surface area contributed by atoms with Gasteiger partial charge in [0.2, 0.25) is 0 Å². The fraction of sp³-hybridized carbons (Fsp3) is 0.167. The molecule has 39 heavy (non-hydrogen) atoms. The van der Waals surface area contributed by atoms with Gasteiger partial charge in [-0.15, -0.1) is 0 Å². The van der Waals surface area contributed by atoms with Gasteiger partial charge in [0.1, 0.15) is 0 Å². The van der Waals surface area contributed by atoms with Crippen molar-refractivity contribution in [2.24, 2.45) is 0 Å². The van der Waals surface area contributed by atoms with E-state index in [0.717, 1.165) is 11.0 Å². The Kier molecular flexibility index (Phi) is 6.50. The maximum atomic E-state index is 6.40. The first-order valence-corrected chi connectivity index (χ1v) is 13.6. The van der Waals surface area contributed by atoms with Crippen LogP contribution in [0.5, 0.6) is 0 Å². The molecule has 0 atom stereocenters. The molecule has 192 valence electrons. The molecule has 3 heteroatoms. The summed E-state index contributed by atoms with van der Waals surface area (Å²) in [4.78, 5) is 0. The molecule has 0 N–H and O–H groups in total. The zero-order valence-electron chi connectivity index (χ0n) is 23.0. The quantitative estimate of drug-likeness (QED) is 0.221. The van der Waals surface area contributed by atoms with Crippen LogP contribution in [0.2, 0.25) is 0 Å². The van der Waals surface area contributed by atoms with Gasteiger partial charge in [-0.05, 0) is 77.7 Å². The van der Waals surface area contributed by atoms with E-state index >= 15 is 0 Å². The summed E-state index contributed by atoms with van der Waals surface area (Å²) in [6.45, 7) is 8.38. The highest BCUT2D eigenvalue weighted by atomic mass is 16.7. The normalized spacial score (nSPS) is 15.8. The summed E-state index contributed by atoms with van der Waals surface area (Å²) in [5, 5.41) is 0. The Labute approximate surface area is 232 Å². The molecular formula is C36H33BO2. The average Bonchev–Trinajstić information content (AvgIpc) is 3.20. The van der Waals surface area contributed by atoms with E-state index in [1.165, 1.54) is 38.9 Å². The third kappa shape index (κ3) is 4.73. The lowest BCUT2D eigenvalue weighted by Crippen LogP contribution is -2.41. The summed E-state index contributed by atoms with van der Waals surface area (Å²) in [7, 11) is -0.410. The molecule has 2 nitrogen and oxygen atoms in total. The van der Waals surface area contributed by atoms with Crippen LogP contribution in [-0.4, -0.2) is 18.3 Å². The van der Waals surface area contributed by atoms with Crippen LogP contribution in [0, 0.1) is 0 Å². The fourth-order valence-corrected chi connectivity index (χ4v) is 5.34. The van der Waals surface area contributed by atoms with Crippen LogP contribution in [0.3, 0.4) is 0 Å². The molecule has 0 bridgehead atoms. The second-order valence-electron chi connectivity index (χ2n) is 11.2. The first kappa shape index (κ1) is 25.4. The number of hydrogen-bond acceptors (Lipinski definition) is 2. The van der Waals surface area contributed by atoms with Crippen molar-refractivity contribution < 1.29 is 9.31 Å². The minimum atomic E-state index is -0.410. The van der Waals surface area contributed by atoms with E-state index in [1.54, 1.807) is 0 Å². The van der Waals surface area contributed by atoms with Crippen LogP contribution >= 0.6 is 0 Å². The summed E-state index contributed by atoms with van der Waals surface area (Å²) in [5.74, 6) is 0. The zero-order valence-corrected chi connectivity index (χ0v) is 23.0. The van der Waals surface area contributed by atoms with Gasteiger partial charge in [0.25, 0.3) is 0 Å². The van der Waals surface area contributed by atoms with Gasteiger partial charge in [-0.1, -0.05) is 127 Å². The van der Waals surface area contributed by atoms with Crippen molar-refractivity contribution in [1.29, 1.82) is 0 Å². The molecular weight excluding hydrogens is 475 g/mol. The molecule has 0 aromatic heterocycles. The predicted molar refractivity (Wildman–Crippen MR) is 164 cm³/mol. The van der Waals surface area contributed by atoms with Crippen LogP contribution < -0.4 is 5.46 Å². The van der Waals surface area contributed by atoms with Gasteiger partial charge in [0, 0.05) is 0 Å².